The monoisotopic (exact) mass is 266 g/mol. The zero-order valence-electron chi connectivity index (χ0n) is 11.4. The summed E-state index contributed by atoms with van der Waals surface area (Å²) in [6, 6.07) is 6.25. The molecule has 1 aliphatic rings. The first-order chi connectivity index (χ1) is 8.74. The second-order valence-corrected chi connectivity index (χ2v) is 5.47. The van der Waals surface area contributed by atoms with Gasteiger partial charge in [0.25, 0.3) is 0 Å². The fourth-order valence-corrected chi connectivity index (χ4v) is 2.42. The largest absolute Gasteiger partial charge is 0.371 e. The van der Waals surface area contributed by atoms with Crippen LogP contribution in [0.4, 0.5) is 5.69 Å². The van der Waals surface area contributed by atoms with Gasteiger partial charge in [0.15, 0.2) is 0 Å². The van der Waals surface area contributed by atoms with E-state index in [0.717, 1.165) is 30.6 Å². The molecule has 1 aromatic rings. The van der Waals surface area contributed by atoms with Gasteiger partial charge in [0.05, 0.1) is 0 Å². The number of rotatable bonds is 7. The Bertz CT molecular complexity index is 388. The Morgan fingerprint density at radius 3 is 2.72 bits per heavy atom. The molecule has 100 valence electrons. The van der Waals surface area contributed by atoms with Crippen LogP contribution in [-0.4, -0.2) is 19.6 Å². The average molecular weight is 267 g/mol. The first-order valence-corrected chi connectivity index (χ1v) is 7.36. The standard InChI is InChI=1S/C15H23ClN2/c1-3-17-10-13-7-8-14(16)9-15(13)18(4-2)11-12-5-6-12/h7-9,12,17H,3-6,10-11H2,1-2H3. The quantitative estimate of drug-likeness (QED) is 0.810. The van der Waals surface area contributed by atoms with E-state index in [0.29, 0.717) is 0 Å². The topological polar surface area (TPSA) is 15.3 Å². The van der Waals surface area contributed by atoms with Crippen LogP contribution in [0.5, 0.6) is 0 Å². The second kappa shape index (κ2) is 6.44. The van der Waals surface area contributed by atoms with E-state index in [2.05, 4.69) is 36.2 Å². The smallest absolute Gasteiger partial charge is 0.0426 e. The molecule has 0 radical (unpaired) electrons. The lowest BCUT2D eigenvalue weighted by atomic mass is 10.1. The molecular formula is C15H23ClN2. The third-order valence-corrected chi connectivity index (χ3v) is 3.75. The van der Waals surface area contributed by atoms with Crippen molar-refractivity contribution in [3.05, 3.63) is 28.8 Å². The van der Waals surface area contributed by atoms with Crippen LogP contribution < -0.4 is 10.2 Å². The molecule has 3 heteroatoms. The zero-order chi connectivity index (χ0) is 13.0. The molecule has 1 N–H and O–H groups in total. The Kier molecular flexibility index (Phi) is 4.90. The van der Waals surface area contributed by atoms with Crippen LogP contribution in [0.3, 0.4) is 0 Å². The predicted molar refractivity (Wildman–Crippen MR) is 79.4 cm³/mol. The maximum atomic E-state index is 6.16. The summed E-state index contributed by atoms with van der Waals surface area (Å²) in [5.74, 6) is 0.899. The minimum absolute atomic E-state index is 0.833. The number of benzene rings is 1. The average Bonchev–Trinajstić information content (AvgIpc) is 3.18. The molecule has 1 saturated carbocycles. The summed E-state index contributed by atoms with van der Waals surface area (Å²) < 4.78 is 0. The van der Waals surface area contributed by atoms with Gasteiger partial charge in [-0.2, -0.15) is 0 Å². The molecule has 1 aliphatic carbocycles. The number of hydrogen-bond acceptors (Lipinski definition) is 2. The summed E-state index contributed by atoms with van der Waals surface area (Å²) in [6.07, 6.45) is 2.78. The highest BCUT2D eigenvalue weighted by atomic mass is 35.5. The molecule has 2 nitrogen and oxygen atoms in total. The molecule has 0 unspecified atom stereocenters. The molecule has 0 amide bonds. The fraction of sp³-hybridized carbons (Fsp3) is 0.600. The molecule has 0 saturated heterocycles. The zero-order valence-corrected chi connectivity index (χ0v) is 12.1. The van der Waals surface area contributed by atoms with Gasteiger partial charge in [-0.3, -0.25) is 0 Å². The second-order valence-electron chi connectivity index (χ2n) is 5.04. The SMILES string of the molecule is CCNCc1ccc(Cl)cc1N(CC)CC1CC1. The number of nitrogens with zero attached hydrogens (tertiary/aromatic N) is 1. The molecule has 2 rings (SSSR count). The third kappa shape index (κ3) is 3.63. The fourth-order valence-electron chi connectivity index (χ4n) is 2.25. The van der Waals surface area contributed by atoms with Gasteiger partial charge in [-0.1, -0.05) is 24.6 Å². The van der Waals surface area contributed by atoms with E-state index >= 15 is 0 Å². The van der Waals surface area contributed by atoms with Gasteiger partial charge in [-0.25, -0.2) is 0 Å². The van der Waals surface area contributed by atoms with Crippen LogP contribution in [0, 0.1) is 5.92 Å². The van der Waals surface area contributed by atoms with Crippen molar-refractivity contribution in [1.29, 1.82) is 0 Å². The summed E-state index contributed by atoms with van der Waals surface area (Å²) in [5.41, 5.74) is 2.65. The van der Waals surface area contributed by atoms with Crippen molar-refractivity contribution in [2.75, 3.05) is 24.5 Å². The number of hydrogen-bond donors (Lipinski definition) is 1. The molecule has 0 aromatic heterocycles. The Balaban J connectivity index is 2.17. The summed E-state index contributed by atoms with van der Waals surface area (Å²) in [5, 5.41) is 4.24. The first kappa shape index (κ1) is 13.7. The molecule has 0 atom stereocenters. The highest BCUT2D eigenvalue weighted by molar-refractivity contribution is 6.30. The van der Waals surface area contributed by atoms with Crippen molar-refractivity contribution < 1.29 is 0 Å². The molecule has 0 heterocycles. The van der Waals surface area contributed by atoms with Gasteiger partial charge < -0.3 is 10.2 Å². The van der Waals surface area contributed by atoms with Gasteiger partial charge in [-0.15, -0.1) is 0 Å². The Morgan fingerprint density at radius 1 is 1.33 bits per heavy atom. The minimum atomic E-state index is 0.833. The van der Waals surface area contributed by atoms with Crippen molar-refractivity contribution in [3.8, 4) is 0 Å². The van der Waals surface area contributed by atoms with Crippen molar-refractivity contribution >= 4 is 17.3 Å². The highest BCUT2D eigenvalue weighted by Gasteiger charge is 2.24. The molecular weight excluding hydrogens is 244 g/mol. The Labute approximate surface area is 115 Å². The van der Waals surface area contributed by atoms with E-state index in [1.54, 1.807) is 0 Å². The predicted octanol–water partition coefficient (Wildman–Crippen LogP) is 3.69. The lowest BCUT2D eigenvalue weighted by molar-refractivity contribution is 0.706. The van der Waals surface area contributed by atoms with Crippen molar-refractivity contribution in [2.45, 2.75) is 33.2 Å². The van der Waals surface area contributed by atoms with Crippen molar-refractivity contribution in [3.63, 3.8) is 0 Å². The summed E-state index contributed by atoms with van der Waals surface area (Å²) >= 11 is 6.16. The van der Waals surface area contributed by atoms with E-state index < -0.39 is 0 Å². The van der Waals surface area contributed by atoms with Gasteiger partial charge >= 0.3 is 0 Å². The molecule has 1 fully saturated rings. The lowest BCUT2D eigenvalue weighted by Crippen LogP contribution is -2.27. The number of nitrogens with one attached hydrogen (secondary N) is 1. The first-order valence-electron chi connectivity index (χ1n) is 6.98. The Morgan fingerprint density at radius 2 is 2.11 bits per heavy atom. The van der Waals surface area contributed by atoms with E-state index in [4.69, 9.17) is 11.6 Å². The van der Waals surface area contributed by atoms with E-state index in [1.807, 2.05) is 6.07 Å². The number of anilines is 1. The van der Waals surface area contributed by atoms with Gasteiger partial charge in [0, 0.05) is 30.3 Å². The third-order valence-electron chi connectivity index (χ3n) is 3.51. The molecule has 0 bridgehead atoms. The molecule has 18 heavy (non-hydrogen) atoms. The minimum Gasteiger partial charge on any atom is -0.371 e. The molecule has 0 spiro atoms. The van der Waals surface area contributed by atoms with E-state index in [9.17, 15) is 0 Å². The van der Waals surface area contributed by atoms with Crippen LogP contribution >= 0.6 is 11.6 Å². The van der Waals surface area contributed by atoms with E-state index in [1.165, 1.54) is 30.6 Å². The van der Waals surface area contributed by atoms with Crippen molar-refractivity contribution in [1.82, 2.24) is 5.32 Å². The van der Waals surface area contributed by atoms with Crippen LogP contribution in [0.15, 0.2) is 18.2 Å². The molecule has 0 aliphatic heterocycles. The van der Waals surface area contributed by atoms with Crippen molar-refractivity contribution in [2.24, 2.45) is 5.92 Å². The van der Waals surface area contributed by atoms with Gasteiger partial charge in [0.2, 0.25) is 0 Å². The summed E-state index contributed by atoms with van der Waals surface area (Å²) in [6.45, 7) is 8.50. The van der Waals surface area contributed by atoms with Crippen LogP contribution in [0.25, 0.3) is 0 Å². The van der Waals surface area contributed by atoms with Gasteiger partial charge in [0.1, 0.15) is 0 Å². The van der Waals surface area contributed by atoms with Gasteiger partial charge in [-0.05, 0) is 49.9 Å². The van der Waals surface area contributed by atoms with Crippen LogP contribution in [-0.2, 0) is 6.54 Å². The highest BCUT2D eigenvalue weighted by Crippen LogP contribution is 2.33. The maximum absolute atomic E-state index is 6.16. The van der Waals surface area contributed by atoms with Crippen LogP contribution in [0.1, 0.15) is 32.3 Å². The molecule has 1 aromatic carbocycles. The Hall–Kier alpha value is -0.730. The normalized spacial score (nSPS) is 14.8. The van der Waals surface area contributed by atoms with E-state index in [-0.39, 0.29) is 0 Å². The van der Waals surface area contributed by atoms with Crippen LogP contribution in [0.2, 0.25) is 5.02 Å². The number of halogens is 1. The lowest BCUT2D eigenvalue weighted by Gasteiger charge is -2.26. The maximum Gasteiger partial charge on any atom is 0.0426 e. The summed E-state index contributed by atoms with van der Waals surface area (Å²) in [4.78, 5) is 2.47. The summed E-state index contributed by atoms with van der Waals surface area (Å²) in [7, 11) is 0.